The van der Waals surface area contributed by atoms with Crippen molar-refractivity contribution in [2.45, 2.75) is 0 Å². The number of nitrogens with zero attached hydrogens (tertiary/aromatic N) is 3. The van der Waals surface area contributed by atoms with E-state index in [1.54, 1.807) is 18.3 Å². The Labute approximate surface area is 163 Å². The van der Waals surface area contributed by atoms with Gasteiger partial charge in [-0.1, -0.05) is 18.2 Å². The van der Waals surface area contributed by atoms with Crippen LogP contribution >= 0.6 is 0 Å². The molecule has 146 valence electrons. The number of nitrogens with one attached hydrogen (secondary N) is 1. The Hall–Kier alpha value is -4.21. The fourth-order valence-electron chi connectivity index (χ4n) is 2.75. The van der Waals surface area contributed by atoms with E-state index in [0.29, 0.717) is 17.0 Å². The highest BCUT2D eigenvalue weighted by molar-refractivity contribution is 5.88. The minimum Gasteiger partial charge on any atom is -0.481 e. The highest BCUT2D eigenvalue weighted by atomic mass is 16.7. The highest BCUT2D eigenvalue weighted by Gasteiger charge is 2.22. The Morgan fingerprint density at radius 3 is 2.90 bits per heavy atom. The molecule has 0 bridgehead atoms. The number of nitro benzene ring substituents is 1. The first-order chi connectivity index (χ1) is 14.1. The van der Waals surface area contributed by atoms with Crippen molar-refractivity contribution in [3.63, 3.8) is 0 Å². The molecule has 1 aliphatic rings. The molecule has 1 aromatic heterocycles. The van der Waals surface area contributed by atoms with Gasteiger partial charge < -0.3 is 14.2 Å². The van der Waals surface area contributed by atoms with Crippen LogP contribution in [0.1, 0.15) is 5.56 Å². The molecule has 0 unspecified atom stereocenters. The van der Waals surface area contributed by atoms with Gasteiger partial charge in [-0.05, 0) is 18.2 Å². The Morgan fingerprint density at radius 2 is 2.07 bits per heavy atom. The number of ether oxygens (including phenoxy) is 3. The van der Waals surface area contributed by atoms with Crippen molar-refractivity contribution < 1.29 is 23.9 Å². The molecule has 29 heavy (non-hydrogen) atoms. The second kappa shape index (κ2) is 7.80. The van der Waals surface area contributed by atoms with Crippen LogP contribution < -0.4 is 19.6 Å². The Bertz CT molecular complexity index is 1130. The first-order valence-electron chi connectivity index (χ1n) is 8.48. The van der Waals surface area contributed by atoms with Crippen molar-refractivity contribution in [3.8, 4) is 17.2 Å². The predicted octanol–water partition coefficient (Wildman–Crippen LogP) is 2.40. The van der Waals surface area contributed by atoms with Gasteiger partial charge in [0.15, 0.2) is 18.1 Å². The van der Waals surface area contributed by atoms with Crippen LogP contribution in [0.15, 0.2) is 53.8 Å². The third kappa shape index (κ3) is 3.90. The number of hydrogen-bond donors (Lipinski definition) is 1. The standard InChI is InChI=1S/C19H14N4O6/c24-18(10-27-15-5-1-3-12-4-2-6-20-19(12)15)22-21-9-13-7-16-17(29-11-28-16)8-14(13)23(25)26/h1-9H,10-11H2,(H,22,24)/b21-9+. The average molecular weight is 394 g/mol. The third-order valence-electron chi connectivity index (χ3n) is 4.07. The molecular weight excluding hydrogens is 380 g/mol. The monoisotopic (exact) mass is 394 g/mol. The number of nitro groups is 1. The zero-order chi connectivity index (χ0) is 20.2. The number of hydrogen-bond acceptors (Lipinski definition) is 8. The topological polar surface area (TPSA) is 125 Å². The van der Waals surface area contributed by atoms with Gasteiger partial charge in [-0.25, -0.2) is 5.43 Å². The zero-order valence-electron chi connectivity index (χ0n) is 14.9. The van der Waals surface area contributed by atoms with Gasteiger partial charge in [-0.3, -0.25) is 19.9 Å². The molecule has 0 spiro atoms. The number of carbonyl (C=O) groups is 1. The fourth-order valence-corrected chi connectivity index (χ4v) is 2.75. The summed E-state index contributed by atoms with van der Waals surface area (Å²) in [4.78, 5) is 26.9. The van der Waals surface area contributed by atoms with E-state index >= 15 is 0 Å². The maximum Gasteiger partial charge on any atom is 0.282 e. The third-order valence-corrected chi connectivity index (χ3v) is 4.07. The fraction of sp³-hybridized carbons (Fsp3) is 0.105. The summed E-state index contributed by atoms with van der Waals surface area (Å²) >= 11 is 0. The quantitative estimate of drug-likeness (QED) is 0.386. The minimum absolute atomic E-state index is 0.00974. The van der Waals surface area contributed by atoms with Crippen molar-refractivity contribution in [2.24, 2.45) is 5.10 Å². The first-order valence-corrected chi connectivity index (χ1v) is 8.48. The molecule has 2 heterocycles. The maximum atomic E-state index is 12.0. The van der Waals surface area contributed by atoms with E-state index in [1.807, 2.05) is 18.2 Å². The van der Waals surface area contributed by atoms with Gasteiger partial charge in [0.2, 0.25) is 6.79 Å². The van der Waals surface area contributed by atoms with Crippen LogP contribution in [0.25, 0.3) is 10.9 Å². The number of benzene rings is 2. The molecule has 3 aromatic rings. The lowest BCUT2D eigenvalue weighted by Gasteiger charge is -2.07. The van der Waals surface area contributed by atoms with Crippen LogP contribution in [0.5, 0.6) is 17.2 Å². The molecule has 0 radical (unpaired) electrons. The number of rotatable bonds is 6. The lowest BCUT2D eigenvalue weighted by atomic mass is 10.1. The van der Waals surface area contributed by atoms with E-state index in [0.717, 1.165) is 11.6 Å². The number of pyridine rings is 1. The summed E-state index contributed by atoms with van der Waals surface area (Å²) in [6.45, 7) is -0.305. The summed E-state index contributed by atoms with van der Waals surface area (Å²) in [6.07, 6.45) is 2.80. The van der Waals surface area contributed by atoms with Crippen LogP contribution in [0.3, 0.4) is 0 Å². The number of aromatic nitrogens is 1. The van der Waals surface area contributed by atoms with Crippen LogP contribution in [-0.2, 0) is 4.79 Å². The van der Waals surface area contributed by atoms with Gasteiger partial charge in [0, 0.05) is 11.6 Å². The SMILES string of the molecule is O=C(COc1cccc2cccnc12)N/N=C/c1cc2c(cc1[N+](=O)[O-])OCO2. The lowest BCUT2D eigenvalue weighted by molar-refractivity contribution is -0.385. The van der Waals surface area contributed by atoms with Gasteiger partial charge in [-0.2, -0.15) is 5.10 Å². The van der Waals surface area contributed by atoms with Gasteiger partial charge in [0.1, 0.15) is 11.3 Å². The van der Waals surface area contributed by atoms with Crippen molar-refractivity contribution in [2.75, 3.05) is 13.4 Å². The smallest absolute Gasteiger partial charge is 0.282 e. The van der Waals surface area contributed by atoms with Crippen LogP contribution in [-0.4, -0.2) is 35.4 Å². The molecule has 2 aromatic carbocycles. The molecule has 1 amide bonds. The predicted molar refractivity (Wildman–Crippen MR) is 102 cm³/mol. The van der Waals surface area contributed by atoms with E-state index in [9.17, 15) is 14.9 Å². The Kier molecular flexibility index (Phi) is 4.89. The molecular formula is C19H14N4O6. The number of para-hydroxylation sites is 1. The number of hydrazone groups is 1. The first kappa shape index (κ1) is 18.2. The summed E-state index contributed by atoms with van der Waals surface area (Å²) in [5.41, 5.74) is 2.86. The molecule has 1 N–H and O–H groups in total. The van der Waals surface area contributed by atoms with E-state index in [1.165, 1.54) is 12.1 Å². The molecule has 0 saturated carbocycles. The zero-order valence-corrected chi connectivity index (χ0v) is 14.9. The molecule has 0 saturated heterocycles. The van der Waals surface area contributed by atoms with Gasteiger partial charge in [0.05, 0.1) is 22.8 Å². The van der Waals surface area contributed by atoms with E-state index in [4.69, 9.17) is 14.2 Å². The maximum absolute atomic E-state index is 12.0. The molecule has 10 heteroatoms. The van der Waals surface area contributed by atoms with E-state index in [-0.39, 0.29) is 30.4 Å². The van der Waals surface area contributed by atoms with Gasteiger partial charge >= 0.3 is 0 Å². The second-order valence-corrected chi connectivity index (χ2v) is 5.93. The van der Waals surface area contributed by atoms with Gasteiger partial charge in [0.25, 0.3) is 11.6 Å². The summed E-state index contributed by atoms with van der Waals surface area (Å²) in [7, 11) is 0. The second-order valence-electron chi connectivity index (χ2n) is 5.93. The molecule has 0 aliphatic carbocycles. The summed E-state index contributed by atoms with van der Waals surface area (Å²) in [6, 6.07) is 11.8. The molecule has 0 atom stereocenters. The Balaban J connectivity index is 1.41. The van der Waals surface area contributed by atoms with Gasteiger partial charge in [-0.15, -0.1) is 0 Å². The number of amides is 1. The number of fused-ring (bicyclic) bond motifs is 2. The minimum atomic E-state index is -0.568. The van der Waals surface area contributed by atoms with Crippen molar-refractivity contribution >= 4 is 28.7 Å². The van der Waals surface area contributed by atoms with Crippen LogP contribution in [0.4, 0.5) is 5.69 Å². The van der Waals surface area contributed by atoms with E-state index in [2.05, 4.69) is 15.5 Å². The molecule has 0 fully saturated rings. The molecule has 1 aliphatic heterocycles. The molecule has 4 rings (SSSR count). The number of carbonyl (C=O) groups excluding carboxylic acids is 1. The summed E-state index contributed by atoms with van der Waals surface area (Å²) < 4.78 is 15.8. The van der Waals surface area contributed by atoms with Crippen molar-refractivity contribution in [1.29, 1.82) is 0 Å². The Morgan fingerprint density at radius 1 is 1.28 bits per heavy atom. The average Bonchev–Trinajstić information content (AvgIpc) is 3.19. The lowest BCUT2D eigenvalue weighted by Crippen LogP contribution is -2.24. The summed E-state index contributed by atoms with van der Waals surface area (Å²) in [5.74, 6) is 0.594. The van der Waals surface area contributed by atoms with Crippen LogP contribution in [0.2, 0.25) is 0 Å². The highest BCUT2D eigenvalue weighted by Crippen LogP contribution is 2.37. The van der Waals surface area contributed by atoms with E-state index < -0.39 is 10.8 Å². The molecule has 10 nitrogen and oxygen atoms in total. The van der Waals surface area contributed by atoms with Crippen molar-refractivity contribution in [3.05, 3.63) is 64.3 Å². The summed E-state index contributed by atoms with van der Waals surface area (Å²) in [5, 5.41) is 15.9. The van der Waals surface area contributed by atoms with Crippen LogP contribution in [0, 0.1) is 10.1 Å². The van der Waals surface area contributed by atoms with Crippen molar-refractivity contribution in [1.82, 2.24) is 10.4 Å². The largest absolute Gasteiger partial charge is 0.481 e. The normalized spacial score (nSPS) is 12.3.